The van der Waals surface area contributed by atoms with Crippen molar-refractivity contribution in [3.05, 3.63) is 53.8 Å². The molecule has 0 spiro atoms. The summed E-state index contributed by atoms with van der Waals surface area (Å²) in [6.07, 6.45) is 7.86. The van der Waals surface area contributed by atoms with Crippen molar-refractivity contribution >= 4 is 0 Å². The molecule has 0 unspecified atom stereocenters. The van der Waals surface area contributed by atoms with Crippen molar-refractivity contribution in [2.45, 2.75) is 51.4 Å². The third-order valence-corrected chi connectivity index (χ3v) is 6.02. The highest BCUT2D eigenvalue weighted by atomic mass is 19.1. The first-order valence-corrected chi connectivity index (χ1v) is 10.5. The Morgan fingerprint density at radius 1 is 1.07 bits per heavy atom. The molecule has 1 heterocycles. The van der Waals surface area contributed by atoms with Gasteiger partial charge in [0, 0.05) is 11.6 Å². The Morgan fingerprint density at radius 2 is 1.83 bits per heavy atom. The largest absolute Gasteiger partial charge is 0.497 e. The van der Waals surface area contributed by atoms with Crippen LogP contribution >= 0.6 is 0 Å². The fourth-order valence-electron chi connectivity index (χ4n) is 4.34. The van der Waals surface area contributed by atoms with Crippen molar-refractivity contribution in [1.82, 2.24) is 10.1 Å². The van der Waals surface area contributed by atoms with Crippen molar-refractivity contribution in [1.29, 1.82) is 0 Å². The van der Waals surface area contributed by atoms with Gasteiger partial charge in [-0.15, -0.1) is 0 Å². The monoisotopic (exact) mass is 394 g/mol. The van der Waals surface area contributed by atoms with Crippen LogP contribution in [0.15, 0.2) is 47.0 Å². The SMILES string of the molecule is CCCC1CCC(c2ccc(-c3noc(-c4ccc(OC)cc4F)n3)cc2)CC1. The highest BCUT2D eigenvalue weighted by Gasteiger charge is 2.22. The van der Waals surface area contributed by atoms with E-state index in [9.17, 15) is 4.39 Å². The summed E-state index contributed by atoms with van der Waals surface area (Å²) in [5.74, 6) is 2.18. The van der Waals surface area contributed by atoms with E-state index in [-0.39, 0.29) is 11.5 Å². The summed E-state index contributed by atoms with van der Waals surface area (Å²) < 4.78 is 24.6. The van der Waals surface area contributed by atoms with E-state index in [1.54, 1.807) is 12.1 Å². The Hall–Kier alpha value is -2.69. The van der Waals surface area contributed by atoms with E-state index in [0.29, 0.717) is 17.5 Å². The minimum Gasteiger partial charge on any atom is -0.497 e. The molecule has 1 aromatic heterocycles. The van der Waals surface area contributed by atoms with E-state index in [0.717, 1.165) is 11.5 Å². The maximum Gasteiger partial charge on any atom is 0.261 e. The zero-order chi connectivity index (χ0) is 20.2. The third-order valence-electron chi connectivity index (χ3n) is 6.02. The van der Waals surface area contributed by atoms with Crippen LogP contribution in [0.4, 0.5) is 4.39 Å². The lowest BCUT2D eigenvalue weighted by Crippen LogP contribution is -2.13. The molecule has 1 fully saturated rings. The van der Waals surface area contributed by atoms with Gasteiger partial charge in [-0.25, -0.2) is 4.39 Å². The molecule has 0 atom stereocenters. The lowest BCUT2D eigenvalue weighted by atomic mass is 9.77. The molecule has 0 amide bonds. The Kier molecular flexibility index (Phi) is 5.93. The number of halogens is 1. The lowest BCUT2D eigenvalue weighted by Gasteiger charge is -2.28. The molecular formula is C24H27FN2O2. The lowest BCUT2D eigenvalue weighted by molar-refractivity contribution is 0.308. The van der Waals surface area contributed by atoms with Crippen molar-refractivity contribution in [2.24, 2.45) is 5.92 Å². The third kappa shape index (κ3) is 4.34. The smallest absolute Gasteiger partial charge is 0.261 e. The number of nitrogens with zero attached hydrogens (tertiary/aromatic N) is 2. The van der Waals surface area contributed by atoms with Gasteiger partial charge in [0.2, 0.25) is 5.82 Å². The molecular weight excluding hydrogens is 367 g/mol. The predicted octanol–water partition coefficient (Wildman–Crippen LogP) is 6.63. The topological polar surface area (TPSA) is 48.2 Å². The van der Waals surface area contributed by atoms with Crippen LogP contribution < -0.4 is 4.74 Å². The average molecular weight is 394 g/mol. The maximum atomic E-state index is 14.3. The minimum atomic E-state index is -0.450. The average Bonchev–Trinajstić information content (AvgIpc) is 3.24. The van der Waals surface area contributed by atoms with E-state index < -0.39 is 5.82 Å². The van der Waals surface area contributed by atoms with Gasteiger partial charge in [0.25, 0.3) is 5.89 Å². The first-order valence-electron chi connectivity index (χ1n) is 10.5. The van der Waals surface area contributed by atoms with Crippen molar-refractivity contribution in [2.75, 3.05) is 7.11 Å². The number of rotatable bonds is 6. The van der Waals surface area contributed by atoms with Crippen LogP contribution in [0.2, 0.25) is 0 Å². The first-order chi connectivity index (χ1) is 14.2. The second kappa shape index (κ2) is 8.76. The summed E-state index contributed by atoms with van der Waals surface area (Å²) in [7, 11) is 1.50. The van der Waals surface area contributed by atoms with Gasteiger partial charge in [-0.3, -0.25) is 0 Å². The molecule has 0 bridgehead atoms. The summed E-state index contributed by atoms with van der Waals surface area (Å²) >= 11 is 0. The number of benzene rings is 2. The second-order valence-electron chi connectivity index (χ2n) is 7.90. The summed E-state index contributed by atoms with van der Waals surface area (Å²) in [4.78, 5) is 4.38. The van der Waals surface area contributed by atoms with Gasteiger partial charge in [0.15, 0.2) is 0 Å². The quantitative estimate of drug-likeness (QED) is 0.471. The van der Waals surface area contributed by atoms with Gasteiger partial charge in [-0.1, -0.05) is 49.2 Å². The van der Waals surface area contributed by atoms with Gasteiger partial charge in [-0.2, -0.15) is 4.98 Å². The molecule has 0 saturated heterocycles. The highest BCUT2D eigenvalue weighted by molar-refractivity contribution is 5.61. The van der Waals surface area contributed by atoms with Gasteiger partial charge < -0.3 is 9.26 Å². The zero-order valence-corrected chi connectivity index (χ0v) is 17.0. The fraction of sp³-hybridized carbons (Fsp3) is 0.417. The molecule has 3 aromatic rings. The van der Waals surface area contributed by atoms with Gasteiger partial charge >= 0.3 is 0 Å². The van der Waals surface area contributed by atoms with Crippen molar-refractivity contribution in [3.8, 4) is 28.6 Å². The molecule has 5 heteroatoms. The van der Waals surface area contributed by atoms with Gasteiger partial charge in [0.05, 0.1) is 12.7 Å². The Morgan fingerprint density at radius 3 is 2.48 bits per heavy atom. The molecule has 1 saturated carbocycles. The summed E-state index contributed by atoms with van der Waals surface area (Å²) in [6, 6.07) is 13.0. The van der Waals surface area contributed by atoms with E-state index in [1.807, 2.05) is 12.1 Å². The molecule has 1 aliphatic rings. The van der Waals surface area contributed by atoms with Gasteiger partial charge in [0.1, 0.15) is 11.6 Å². The Balaban J connectivity index is 1.46. The molecule has 4 rings (SSSR count). The number of aromatic nitrogens is 2. The molecule has 0 radical (unpaired) electrons. The van der Waals surface area contributed by atoms with Gasteiger partial charge in [-0.05, 0) is 55.2 Å². The molecule has 29 heavy (non-hydrogen) atoms. The highest BCUT2D eigenvalue weighted by Crippen LogP contribution is 2.38. The molecule has 2 aromatic carbocycles. The molecule has 152 valence electrons. The summed E-state index contributed by atoms with van der Waals surface area (Å²) in [5, 5.41) is 4.04. The minimum absolute atomic E-state index is 0.165. The molecule has 1 aliphatic carbocycles. The van der Waals surface area contributed by atoms with E-state index in [4.69, 9.17) is 9.26 Å². The maximum absolute atomic E-state index is 14.3. The predicted molar refractivity (Wildman–Crippen MR) is 111 cm³/mol. The molecule has 0 aliphatic heterocycles. The standard InChI is InChI=1S/C24H27FN2O2/c1-3-4-16-5-7-17(8-6-16)18-9-11-19(12-10-18)23-26-24(29-27-23)21-14-13-20(28-2)15-22(21)25/h9-17H,3-8H2,1-2H3. The number of ether oxygens (including phenoxy) is 1. The van der Waals surface area contributed by atoms with Crippen LogP contribution in [0.25, 0.3) is 22.8 Å². The van der Waals surface area contributed by atoms with E-state index in [2.05, 4.69) is 29.2 Å². The van der Waals surface area contributed by atoms with Crippen LogP contribution in [-0.2, 0) is 0 Å². The number of methoxy groups -OCH3 is 1. The summed E-state index contributed by atoms with van der Waals surface area (Å²) in [6.45, 7) is 2.27. The van der Waals surface area contributed by atoms with E-state index in [1.165, 1.54) is 57.3 Å². The Bertz CT molecular complexity index is 944. The zero-order valence-electron chi connectivity index (χ0n) is 17.0. The summed E-state index contributed by atoms with van der Waals surface area (Å²) in [5.41, 5.74) is 2.52. The molecule has 4 nitrogen and oxygen atoms in total. The number of hydrogen-bond acceptors (Lipinski definition) is 4. The molecule has 0 N–H and O–H groups in total. The second-order valence-corrected chi connectivity index (χ2v) is 7.90. The van der Waals surface area contributed by atoms with Crippen LogP contribution in [0.3, 0.4) is 0 Å². The van der Waals surface area contributed by atoms with Crippen LogP contribution in [0, 0.1) is 11.7 Å². The normalized spacial score (nSPS) is 19.3. The van der Waals surface area contributed by atoms with Crippen molar-refractivity contribution in [3.63, 3.8) is 0 Å². The van der Waals surface area contributed by atoms with E-state index >= 15 is 0 Å². The first kappa shape index (κ1) is 19.6. The van der Waals surface area contributed by atoms with Crippen LogP contribution in [0.5, 0.6) is 5.75 Å². The van der Waals surface area contributed by atoms with Crippen LogP contribution in [0.1, 0.15) is 56.9 Å². The Labute approximate surface area is 171 Å². The van der Waals surface area contributed by atoms with Crippen LogP contribution in [-0.4, -0.2) is 17.3 Å². The number of hydrogen-bond donors (Lipinski definition) is 0. The fourth-order valence-corrected chi connectivity index (χ4v) is 4.34. The van der Waals surface area contributed by atoms with Crippen molar-refractivity contribution < 1.29 is 13.7 Å².